The van der Waals surface area contributed by atoms with Gasteiger partial charge in [0, 0.05) is 12.5 Å². The zero-order chi connectivity index (χ0) is 15.9. The topological polar surface area (TPSA) is 21.3 Å². The second-order valence-electron chi connectivity index (χ2n) is 5.27. The highest BCUT2D eigenvalue weighted by Gasteiger charge is 2.26. The average molecular weight is 303 g/mol. The van der Waals surface area contributed by atoms with E-state index in [9.17, 15) is 13.2 Å². The third-order valence-electron chi connectivity index (χ3n) is 3.26. The minimum absolute atomic E-state index is 0.0147. The Hall–Kier alpha value is -1.23. The molecule has 0 spiro atoms. The normalized spacial score (nSPS) is 13.2. The van der Waals surface area contributed by atoms with Crippen LogP contribution in [0.2, 0.25) is 0 Å². The van der Waals surface area contributed by atoms with Gasteiger partial charge in [-0.15, -0.1) is 0 Å². The van der Waals surface area contributed by atoms with Crippen molar-refractivity contribution in [2.75, 3.05) is 13.2 Å². The molecule has 0 fully saturated rings. The average Bonchev–Trinajstić information content (AvgIpc) is 2.41. The van der Waals surface area contributed by atoms with E-state index in [-0.39, 0.29) is 19.1 Å². The number of hydrogen-bond acceptors (Lipinski definition) is 2. The first-order valence-electron chi connectivity index (χ1n) is 7.37. The molecule has 0 amide bonds. The van der Waals surface area contributed by atoms with Crippen molar-refractivity contribution in [2.24, 2.45) is 0 Å². The van der Waals surface area contributed by atoms with Crippen molar-refractivity contribution in [1.82, 2.24) is 5.32 Å². The van der Waals surface area contributed by atoms with Crippen LogP contribution >= 0.6 is 0 Å². The molecule has 21 heavy (non-hydrogen) atoms. The molecule has 1 N–H and O–H groups in total. The van der Waals surface area contributed by atoms with E-state index < -0.39 is 12.6 Å². The molecule has 0 aliphatic rings. The lowest BCUT2D eigenvalue weighted by Crippen LogP contribution is -2.19. The van der Waals surface area contributed by atoms with Crippen molar-refractivity contribution in [3.8, 4) is 5.75 Å². The summed E-state index contributed by atoms with van der Waals surface area (Å²) in [4.78, 5) is 0. The van der Waals surface area contributed by atoms with Crippen LogP contribution in [0.5, 0.6) is 5.75 Å². The minimum atomic E-state index is -4.11. The van der Waals surface area contributed by atoms with Gasteiger partial charge < -0.3 is 10.1 Å². The second-order valence-corrected chi connectivity index (χ2v) is 5.27. The monoisotopic (exact) mass is 303 g/mol. The van der Waals surface area contributed by atoms with Gasteiger partial charge in [0.05, 0.1) is 6.61 Å². The van der Waals surface area contributed by atoms with Crippen LogP contribution in [0.25, 0.3) is 0 Å². The number of aryl methyl sites for hydroxylation is 1. The third-order valence-corrected chi connectivity index (χ3v) is 3.26. The Kier molecular flexibility index (Phi) is 7.02. The van der Waals surface area contributed by atoms with Crippen molar-refractivity contribution in [3.63, 3.8) is 0 Å². The molecule has 120 valence electrons. The van der Waals surface area contributed by atoms with E-state index >= 15 is 0 Å². The highest BCUT2D eigenvalue weighted by atomic mass is 19.4. The van der Waals surface area contributed by atoms with Gasteiger partial charge in [-0.1, -0.05) is 19.1 Å². The van der Waals surface area contributed by atoms with Crippen LogP contribution in [-0.4, -0.2) is 19.3 Å². The fraction of sp³-hybridized carbons (Fsp3) is 0.625. The maximum Gasteiger partial charge on any atom is 0.389 e. The molecule has 0 heterocycles. The summed E-state index contributed by atoms with van der Waals surface area (Å²) in [6, 6.07) is 6.07. The highest BCUT2D eigenvalue weighted by molar-refractivity contribution is 5.37. The number of benzene rings is 1. The lowest BCUT2D eigenvalue weighted by molar-refractivity contribution is -0.136. The fourth-order valence-corrected chi connectivity index (χ4v) is 2.04. The molecule has 2 nitrogen and oxygen atoms in total. The lowest BCUT2D eigenvalue weighted by Gasteiger charge is -2.16. The summed E-state index contributed by atoms with van der Waals surface area (Å²) in [6.07, 6.45) is -3.85. The number of hydrogen-bond donors (Lipinski definition) is 1. The van der Waals surface area contributed by atoms with Crippen molar-refractivity contribution in [3.05, 3.63) is 29.3 Å². The van der Waals surface area contributed by atoms with Crippen molar-refractivity contribution in [2.45, 2.75) is 52.3 Å². The number of alkyl halides is 3. The number of ether oxygens (including phenoxy) is 1. The van der Waals surface area contributed by atoms with Crippen molar-refractivity contribution in [1.29, 1.82) is 0 Å². The molecular formula is C16H24F3NO. The van der Waals surface area contributed by atoms with Crippen LogP contribution in [0.15, 0.2) is 18.2 Å². The van der Waals surface area contributed by atoms with E-state index in [1.54, 1.807) is 0 Å². The van der Waals surface area contributed by atoms with Crippen LogP contribution in [0.3, 0.4) is 0 Å². The molecule has 1 unspecified atom stereocenters. The zero-order valence-corrected chi connectivity index (χ0v) is 12.9. The summed E-state index contributed by atoms with van der Waals surface area (Å²) in [5.41, 5.74) is 2.10. The van der Waals surface area contributed by atoms with Crippen LogP contribution in [0.4, 0.5) is 13.2 Å². The Morgan fingerprint density at radius 1 is 1.29 bits per heavy atom. The van der Waals surface area contributed by atoms with E-state index in [1.807, 2.05) is 25.1 Å². The maximum absolute atomic E-state index is 12.0. The summed E-state index contributed by atoms with van der Waals surface area (Å²) >= 11 is 0. The molecule has 1 aromatic rings. The predicted octanol–water partition coefficient (Wildman–Crippen LogP) is 4.78. The molecular weight excluding hydrogens is 279 g/mol. The van der Waals surface area contributed by atoms with Gasteiger partial charge in [-0.3, -0.25) is 0 Å². The van der Waals surface area contributed by atoms with E-state index in [4.69, 9.17) is 4.74 Å². The molecule has 1 atom stereocenters. The molecule has 0 bridgehead atoms. The zero-order valence-electron chi connectivity index (χ0n) is 12.9. The Bertz CT molecular complexity index is 432. The van der Waals surface area contributed by atoms with Gasteiger partial charge in [-0.05, 0) is 50.4 Å². The molecule has 1 aromatic carbocycles. The third kappa shape index (κ3) is 6.85. The molecule has 5 heteroatoms. The molecule has 1 rings (SSSR count). The SMILES string of the molecule is CCCNC(C)c1ccc(OCCCC(F)(F)F)c(C)c1. The summed E-state index contributed by atoms with van der Waals surface area (Å²) in [7, 11) is 0. The van der Waals surface area contributed by atoms with Gasteiger partial charge in [-0.2, -0.15) is 13.2 Å². The van der Waals surface area contributed by atoms with Crippen LogP contribution in [0, 0.1) is 6.92 Å². The number of rotatable bonds is 8. The summed E-state index contributed by atoms with van der Waals surface area (Å²) in [5, 5.41) is 3.40. The van der Waals surface area contributed by atoms with Gasteiger partial charge >= 0.3 is 6.18 Å². The first kappa shape index (κ1) is 17.8. The number of halogens is 3. The van der Waals surface area contributed by atoms with Crippen molar-refractivity contribution >= 4 is 0 Å². The fourth-order valence-electron chi connectivity index (χ4n) is 2.04. The minimum Gasteiger partial charge on any atom is -0.493 e. The molecule has 0 aliphatic heterocycles. The first-order valence-corrected chi connectivity index (χ1v) is 7.37. The molecule has 0 radical (unpaired) electrons. The van der Waals surface area contributed by atoms with E-state index in [2.05, 4.69) is 19.2 Å². The number of nitrogens with one attached hydrogen (secondary N) is 1. The van der Waals surface area contributed by atoms with Gasteiger partial charge in [0.25, 0.3) is 0 Å². The van der Waals surface area contributed by atoms with Crippen molar-refractivity contribution < 1.29 is 17.9 Å². The quantitative estimate of drug-likeness (QED) is 0.698. The highest BCUT2D eigenvalue weighted by Crippen LogP contribution is 2.24. The Morgan fingerprint density at radius 3 is 2.57 bits per heavy atom. The predicted molar refractivity (Wildman–Crippen MR) is 78.7 cm³/mol. The Balaban J connectivity index is 2.50. The largest absolute Gasteiger partial charge is 0.493 e. The molecule has 0 saturated carbocycles. The summed E-state index contributed by atoms with van der Waals surface area (Å²) < 4.78 is 41.6. The maximum atomic E-state index is 12.0. The summed E-state index contributed by atoms with van der Waals surface area (Å²) in [6.45, 7) is 7.16. The second kappa shape index (κ2) is 8.27. The van der Waals surface area contributed by atoms with Gasteiger partial charge in [-0.25, -0.2) is 0 Å². The van der Waals surface area contributed by atoms with Crippen LogP contribution < -0.4 is 10.1 Å². The smallest absolute Gasteiger partial charge is 0.389 e. The van der Waals surface area contributed by atoms with E-state index in [1.165, 1.54) is 0 Å². The first-order chi connectivity index (χ1) is 9.83. The van der Waals surface area contributed by atoms with Crippen LogP contribution in [-0.2, 0) is 0 Å². The van der Waals surface area contributed by atoms with Gasteiger partial charge in [0.15, 0.2) is 0 Å². The van der Waals surface area contributed by atoms with Gasteiger partial charge in [0.2, 0.25) is 0 Å². The van der Waals surface area contributed by atoms with E-state index in [0.29, 0.717) is 5.75 Å². The molecule has 0 aliphatic carbocycles. The lowest BCUT2D eigenvalue weighted by atomic mass is 10.0. The standard InChI is InChI=1S/C16H24F3NO/c1-4-9-20-13(3)14-6-7-15(12(2)11-14)21-10-5-8-16(17,18)19/h6-7,11,13,20H,4-5,8-10H2,1-3H3. The summed E-state index contributed by atoms with van der Waals surface area (Å²) in [5.74, 6) is 0.656. The Morgan fingerprint density at radius 2 is 2.00 bits per heavy atom. The Labute approximate surface area is 124 Å². The van der Waals surface area contributed by atoms with Crippen LogP contribution in [0.1, 0.15) is 50.3 Å². The molecule has 0 aromatic heterocycles. The van der Waals surface area contributed by atoms with Gasteiger partial charge in [0.1, 0.15) is 5.75 Å². The van der Waals surface area contributed by atoms with E-state index in [0.717, 1.165) is 24.1 Å². The molecule has 0 saturated heterocycles.